The molecular formula is C21H30NO3+. The molecule has 1 aliphatic heterocycles. The number of likely N-dealkylation sites (tertiary alicyclic amines) is 1. The van der Waals surface area contributed by atoms with E-state index in [9.17, 15) is 9.90 Å². The maximum Gasteiger partial charge on any atom is 0.343 e. The second-order valence-electron chi connectivity index (χ2n) is 8.85. The summed E-state index contributed by atoms with van der Waals surface area (Å²) in [7, 11) is 4.45. The normalized spacial score (nSPS) is 33.3. The summed E-state index contributed by atoms with van der Waals surface area (Å²) < 4.78 is 6.99. The average molecular weight is 344 g/mol. The molecule has 0 radical (unpaired) electrons. The number of esters is 1. The third-order valence-corrected chi connectivity index (χ3v) is 6.99. The van der Waals surface area contributed by atoms with Crippen molar-refractivity contribution >= 4 is 5.97 Å². The van der Waals surface area contributed by atoms with Crippen molar-refractivity contribution in [2.24, 2.45) is 11.8 Å². The van der Waals surface area contributed by atoms with Crippen LogP contribution in [0.15, 0.2) is 30.3 Å². The van der Waals surface area contributed by atoms with Gasteiger partial charge in [0.2, 0.25) is 0 Å². The van der Waals surface area contributed by atoms with E-state index in [-0.39, 0.29) is 12.0 Å². The van der Waals surface area contributed by atoms with E-state index in [1.54, 1.807) is 0 Å². The van der Waals surface area contributed by atoms with Crippen LogP contribution < -0.4 is 0 Å². The molecule has 0 aromatic heterocycles. The Morgan fingerprint density at radius 3 is 2.36 bits per heavy atom. The summed E-state index contributed by atoms with van der Waals surface area (Å²) in [6.45, 7) is 1.07. The molecule has 2 unspecified atom stereocenters. The molecule has 4 nitrogen and oxygen atoms in total. The molecule has 2 saturated carbocycles. The van der Waals surface area contributed by atoms with Crippen molar-refractivity contribution in [3.8, 4) is 0 Å². The molecule has 2 aliphatic carbocycles. The van der Waals surface area contributed by atoms with Gasteiger partial charge in [-0.3, -0.25) is 0 Å². The largest absolute Gasteiger partial charge is 0.453 e. The molecule has 1 N–H and O–H groups in total. The quantitative estimate of drug-likeness (QED) is 0.675. The number of fused-ring (bicyclic) bond motifs is 2. The van der Waals surface area contributed by atoms with Gasteiger partial charge >= 0.3 is 5.97 Å². The molecule has 25 heavy (non-hydrogen) atoms. The minimum atomic E-state index is -1.50. The molecule has 4 heteroatoms. The molecule has 3 fully saturated rings. The first-order valence-corrected chi connectivity index (χ1v) is 9.74. The zero-order chi connectivity index (χ0) is 17.7. The van der Waals surface area contributed by atoms with E-state index in [1.807, 2.05) is 30.3 Å². The number of nitrogens with zero attached hydrogens (tertiary/aromatic N) is 1. The summed E-state index contributed by atoms with van der Waals surface area (Å²) in [5.41, 5.74) is -0.817. The van der Waals surface area contributed by atoms with Gasteiger partial charge in [0, 0.05) is 12.3 Å². The number of hydrogen-bond acceptors (Lipinski definition) is 3. The molecule has 1 heterocycles. The van der Waals surface area contributed by atoms with Gasteiger partial charge in [-0.2, -0.15) is 0 Å². The topological polar surface area (TPSA) is 46.5 Å². The van der Waals surface area contributed by atoms with Crippen molar-refractivity contribution in [2.45, 2.75) is 56.3 Å². The lowest BCUT2D eigenvalue weighted by atomic mass is 9.80. The number of rotatable bonds is 4. The summed E-state index contributed by atoms with van der Waals surface area (Å²) in [4.78, 5) is 13.3. The van der Waals surface area contributed by atoms with Crippen LogP contribution in [0.1, 0.15) is 44.1 Å². The minimum Gasteiger partial charge on any atom is -0.453 e. The van der Waals surface area contributed by atoms with E-state index >= 15 is 0 Å². The SMILES string of the molecule is C[N+]1(C)CC2CCC1[C@H]2OC(=O)[C@](O)(c1ccccc1)C1CCCC1. The Bertz CT molecular complexity index is 638. The van der Waals surface area contributed by atoms with Crippen molar-refractivity contribution in [1.29, 1.82) is 0 Å². The maximum absolute atomic E-state index is 13.3. The Labute approximate surface area is 150 Å². The van der Waals surface area contributed by atoms with Gasteiger partial charge in [0.25, 0.3) is 0 Å². The molecular weight excluding hydrogens is 314 g/mol. The van der Waals surface area contributed by atoms with Crippen LogP contribution in [-0.2, 0) is 15.1 Å². The highest BCUT2D eigenvalue weighted by atomic mass is 16.6. The number of likely N-dealkylation sites (N-methyl/N-ethyl adjacent to an activating group) is 1. The summed E-state index contributed by atoms with van der Waals surface area (Å²) in [5.74, 6) is -0.0223. The van der Waals surface area contributed by atoms with Gasteiger partial charge in [0.05, 0.1) is 26.6 Å². The smallest absolute Gasteiger partial charge is 0.343 e. The fraction of sp³-hybridized carbons (Fsp3) is 0.667. The lowest BCUT2D eigenvalue weighted by Gasteiger charge is -2.35. The minimum absolute atomic E-state index is 0.0380. The average Bonchev–Trinajstić information content (AvgIpc) is 3.30. The third-order valence-electron chi connectivity index (χ3n) is 6.99. The molecule has 0 amide bonds. The Morgan fingerprint density at radius 1 is 1.12 bits per heavy atom. The molecule has 2 bridgehead atoms. The van der Waals surface area contributed by atoms with Crippen LogP contribution in [0.4, 0.5) is 0 Å². The van der Waals surface area contributed by atoms with Crippen LogP contribution in [0, 0.1) is 11.8 Å². The molecule has 0 spiro atoms. The second-order valence-corrected chi connectivity index (χ2v) is 8.85. The molecule has 4 rings (SSSR count). The zero-order valence-electron chi connectivity index (χ0n) is 15.4. The van der Waals surface area contributed by atoms with Gasteiger partial charge in [0.15, 0.2) is 11.7 Å². The Kier molecular flexibility index (Phi) is 4.16. The Hall–Kier alpha value is -1.39. The number of aliphatic hydroxyl groups is 1. The highest BCUT2D eigenvalue weighted by molar-refractivity contribution is 5.82. The molecule has 1 saturated heterocycles. The van der Waals surface area contributed by atoms with Gasteiger partial charge in [-0.1, -0.05) is 43.2 Å². The summed E-state index contributed by atoms with van der Waals surface area (Å²) in [6, 6.07) is 9.80. The Balaban J connectivity index is 1.61. The standard InChI is InChI=1S/C21H30NO3/c1-22(2)14-15-12-13-18(22)19(15)25-20(23)21(24,17-10-6-7-11-17)16-8-4-3-5-9-16/h3-5,8-9,15,17-19,24H,6-7,10-14H2,1-2H3/q+1/t15?,18?,19-,21-/m0/s1. The number of carbonyl (C=O) groups excluding carboxylic acids is 1. The molecule has 1 aromatic carbocycles. The van der Waals surface area contributed by atoms with Gasteiger partial charge in [-0.25, -0.2) is 4.79 Å². The van der Waals surface area contributed by atoms with Gasteiger partial charge in [0.1, 0.15) is 6.04 Å². The van der Waals surface area contributed by atoms with Crippen molar-refractivity contribution in [2.75, 3.05) is 20.6 Å². The number of piperidine rings is 1. The van der Waals surface area contributed by atoms with E-state index < -0.39 is 11.6 Å². The van der Waals surface area contributed by atoms with E-state index in [2.05, 4.69) is 14.1 Å². The molecule has 4 atom stereocenters. The van der Waals surface area contributed by atoms with Crippen molar-refractivity contribution in [3.05, 3.63) is 35.9 Å². The summed E-state index contributed by atoms with van der Waals surface area (Å²) in [5, 5.41) is 11.6. The fourth-order valence-corrected chi connectivity index (χ4v) is 5.65. The first-order valence-electron chi connectivity index (χ1n) is 9.74. The van der Waals surface area contributed by atoms with Crippen LogP contribution in [0.2, 0.25) is 0 Å². The monoisotopic (exact) mass is 344 g/mol. The fourth-order valence-electron chi connectivity index (χ4n) is 5.65. The van der Waals surface area contributed by atoms with Crippen LogP contribution in [0.3, 0.4) is 0 Å². The highest BCUT2D eigenvalue weighted by Gasteiger charge is 2.58. The maximum atomic E-state index is 13.3. The molecule has 136 valence electrons. The molecule has 1 aromatic rings. The number of benzene rings is 1. The van der Waals surface area contributed by atoms with Crippen LogP contribution in [0.25, 0.3) is 0 Å². The lowest BCUT2D eigenvalue weighted by Crippen LogP contribution is -2.50. The predicted octanol–water partition coefficient (Wildman–Crippen LogP) is 2.84. The van der Waals surface area contributed by atoms with Crippen LogP contribution in [-0.4, -0.2) is 48.3 Å². The van der Waals surface area contributed by atoms with Gasteiger partial charge in [-0.05, 0) is 24.8 Å². The van der Waals surface area contributed by atoms with Crippen molar-refractivity contribution in [1.82, 2.24) is 0 Å². The van der Waals surface area contributed by atoms with Crippen LogP contribution in [0.5, 0.6) is 0 Å². The second kappa shape index (κ2) is 6.10. The first-order chi connectivity index (χ1) is 11.9. The summed E-state index contributed by atoms with van der Waals surface area (Å²) >= 11 is 0. The Morgan fingerprint density at radius 2 is 1.80 bits per heavy atom. The molecule has 3 aliphatic rings. The predicted molar refractivity (Wildman–Crippen MR) is 95.7 cm³/mol. The van der Waals surface area contributed by atoms with Crippen molar-refractivity contribution in [3.63, 3.8) is 0 Å². The van der Waals surface area contributed by atoms with Gasteiger partial charge < -0.3 is 14.3 Å². The number of carbonyl (C=O) groups is 1. The van der Waals surface area contributed by atoms with E-state index in [4.69, 9.17) is 4.74 Å². The first kappa shape index (κ1) is 17.0. The summed E-state index contributed by atoms with van der Waals surface area (Å²) in [6.07, 6.45) is 6.13. The van der Waals surface area contributed by atoms with Crippen molar-refractivity contribution < 1.29 is 19.1 Å². The highest BCUT2D eigenvalue weighted by Crippen LogP contribution is 2.46. The van der Waals surface area contributed by atoms with E-state index in [1.165, 1.54) is 0 Å². The van der Waals surface area contributed by atoms with E-state index in [0.29, 0.717) is 17.5 Å². The lowest BCUT2D eigenvalue weighted by molar-refractivity contribution is -0.908. The number of hydrogen-bond donors (Lipinski definition) is 1. The number of ether oxygens (including phenoxy) is 1. The van der Waals surface area contributed by atoms with Gasteiger partial charge in [-0.15, -0.1) is 0 Å². The zero-order valence-corrected chi connectivity index (χ0v) is 15.4. The van der Waals surface area contributed by atoms with Crippen LogP contribution >= 0.6 is 0 Å². The number of quaternary nitrogens is 1. The van der Waals surface area contributed by atoms with E-state index in [0.717, 1.165) is 49.6 Å². The third kappa shape index (κ3) is 2.70.